The van der Waals surface area contributed by atoms with E-state index in [1.54, 1.807) is 13.0 Å². The third-order valence-electron chi connectivity index (χ3n) is 2.58. The SMILES string of the molecule is Cc1c(F)cccc1C(N)C(C)(C)C. The number of hydrogen-bond acceptors (Lipinski definition) is 1. The molecule has 0 fully saturated rings. The van der Waals surface area contributed by atoms with Crippen molar-refractivity contribution in [2.75, 3.05) is 0 Å². The van der Waals surface area contributed by atoms with E-state index in [2.05, 4.69) is 20.8 Å². The lowest BCUT2D eigenvalue weighted by Gasteiger charge is -2.28. The summed E-state index contributed by atoms with van der Waals surface area (Å²) in [6, 6.07) is 4.95. The lowest BCUT2D eigenvalue weighted by molar-refractivity contribution is 0.325. The fourth-order valence-corrected chi connectivity index (χ4v) is 1.43. The normalized spacial score (nSPS) is 14.1. The molecule has 1 aromatic carbocycles. The van der Waals surface area contributed by atoms with Crippen molar-refractivity contribution in [3.05, 3.63) is 35.1 Å². The Hall–Kier alpha value is -0.890. The first kappa shape index (κ1) is 11.2. The molecule has 1 atom stereocenters. The number of halogens is 1. The quantitative estimate of drug-likeness (QED) is 0.731. The van der Waals surface area contributed by atoms with E-state index >= 15 is 0 Å². The van der Waals surface area contributed by atoms with Gasteiger partial charge in [-0.25, -0.2) is 4.39 Å². The molecule has 0 amide bonds. The molecule has 0 heterocycles. The third kappa shape index (κ3) is 2.13. The molecular formula is C12H18FN. The van der Waals surface area contributed by atoms with E-state index in [0.717, 1.165) is 5.56 Å². The smallest absolute Gasteiger partial charge is 0.126 e. The zero-order chi connectivity index (χ0) is 10.9. The molecule has 0 aromatic heterocycles. The molecule has 1 unspecified atom stereocenters. The maximum Gasteiger partial charge on any atom is 0.126 e. The van der Waals surface area contributed by atoms with Gasteiger partial charge in [-0.15, -0.1) is 0 Å². The Kier molecular flexibility index (Phi) is 2.95. The van der Waals surface area contributed by atoms with Crippen LogP contribution in [0.4, 0.5) is 4.39 Å². The van der Waals surface area contributed by atoms with Crippen molar-refractivity contribution in [1.82, 2.24) is 0 Å². The van der Waals surface area contributed by atoms with Crippen LogP contribution in [0.25, 0.3) is 0 Å². The Bertz CT molecular complexity index is 326. The fraction of sp³-hybridized carbons (Fsp3) is 0.500. The van der Waals surface area contributed by atoms with Gasteiger partial charge in [-0.3, -0.25) is 0 Å². The molecule has 1 aromatic rings. The molecule has 2 heteroatoms. The Morgan fingerprint density at radius 1 is 1.29 bits per heavy atom. The topological polar surface area (TPSA) is 26.0 Å². The van der Waals surface area contributed by atoms with E-state index in [-0.39, 0.29) is 17.3 Å². The molecule has 0 saturated heterocycles. The standard InChI is InChI=1S/C12H18FN/c1-8-9(6-5-7-10(8)13)11(14)12(2,3)4/h5-7,11H,14H2,1-4H3. The van der Waals surface area contributed by atoms with Crippen LogP contribution in [0.2, 0.25) is 0 Å². The molecular weight excluding hydrogens is 177 g/mol. The number of rotatable bonds is 1. The highest BCUT2D eigenvalue weighted by Gasteiger charge is 2.24. The highest BCUT2D eigenvalue weighted by Crippen LogP contribution is 2.32. The lowest BCUT2D eigenvalue weighted by atomic mass is 9.81. The molecule has 0 radical (unpaired) electrons. The average Bonchev–Trinajstić information content (AvgIpc) is 2.07. The minimum Gasteiger partial charge on any atom is -0.324 e. The molecule has 0 bridgehead atoms. The summed E-state index contributed by atoms with van der Waals surface area (Å²) in [6.07, 6.45) is 0. The zero-order valence-corrected chi connectivity index (χ0v) is 9.26. The van der Waals surface area contributed by atoms with Crippen molar-refractivity contribution < 1.29 is 4.39 Å². The maximum absolute atomic E-state index is 13.3. The molecule has 14 heavy (non-hydrogen) atoms. The van der Waals surface area contributed by atoms with Crippen molar-refractivity contribution >= 4 is 0 Å². The minimum atomic E-state index is -0.179. The van der Waals surface area contributed by atoms with Crippen LogP contribution in [0.15, 0.2) is 18.2 Å². The van der Waals surface area contributed by atoms with E-state index < -0.39 is 0 Å². The van der Waals surface area contributed by atoms with E-state index in [0.29, 0.717) is 5.56 Å². The van der Waals surface area contributed by atoms with Crippen molar-refractivity contribution in [3.8, 4) is 0 Å². The molecule has 0 aliphatic heterocycles. The van der Waals surface area contributed by atoms with Gasteiger partial charge < -0.3 is 5.73 Å². The van der Waals surface area contributed by atoms with E-state index in [4.69, 9.17) is 5.73 Å². The van der Waals surface area contributed by atoms with Crippen molar-refractivity contribution in [2.24, 2.45) is 11.1 Å². The predicted molar refractivity (Wildman–Crippen MR) is 57.5 cm³/mol. The van der Waals surface area contributed by atoms with Gasteiger partial charge in [0, 0.05) is 6.04 Å². The van der Waals surface area contributed by atoms with Gasteiger partial charge in [-0.05, 0) is 29.5 Å². The summed E-state index contributed by atoms with van der Waals surface area (Å²) in [5.41, 5.74) is 7.59. The molecule has 1 rings (SSSR count). The number of hydrogen-bond donors (Lipinski definition) is 1. The first-order valence-corrected chi connectivity index (χ1v) is 4.84. The molecule has 0 spiro atoms. The Morgan fingerprint density at radius 3 is 2.36 bits per heavy atom. The number of nitrogens with two attached hydrogens (primary N) is 1. The van der Waals surface area contributed by atoms with Crippen LogP contribution in [-0.4, -0.2) is 0 Å². The Balaban J connectivity index is 3.14. The largest absolute Gasteiger partial charge is 0.324 e. The van der Waals surface area contributed by atoms with Crippen molar-refractivity contribution in [3.63, 3.8) is 0 Å². The van der Waals surface area contributed by atoms with Crippen LogP contribution in [0.3, 0.4) is 0 Å². The molecule has 1 nitrogen and oxygen atoms in total. The summed E-state index contributed by atoms with van der Waals surface area (Å²) in [5.74, 6) is -0.179. The summed E-state index contributed by atoms with van der Waals surface area (Å²) < 4.78 is 13.3. The van der Waals surface area contributed by atoms with E-state index in [9.17, 15) is 4.39 Å². The van der Waals surface area contributed by atoms with Crippen LogP contribution in [0.1, 0.15) is 37.9 Å². The van der Waals surface area contributed by atoms with Gasteiger partial charge in [0.1, 0.15) is 5.82 Å². The highest BCUT2D eigenvalue weighted by atomic mass is 19.1. The second-order valence-electron chi connectivity index (χ2n) is 4.80. The first-order chi connectivity index (χ1) is 6.34. The minimum absolute atomic E-state index is 0.0431. The summed E-state index contributed by atoms with van der Waals surface area (Å²) in [6.45, 7) is 7.95. The monoisotopic (exact) mass is 195 g/mol. The van der Waals surface area contributed by atoms with Gasteiger partial charge in [-0.2, -0.15) is 0 Å². The second kappa shape index (κ2) is 3.70. The predicted octanol–water partition coefficient (Wildman–Crippen LogP) is 3.18. The fourth-order valence-electron chi connectivity index (χ4n) is 1.43. The van der Waals surface area contributed by atoms with Crippen LogP contribution in [-0.2, 0) is 0 Å². The summed E-state index contributed by atoms with van der Waals surface area (Å²) in [4.78, 5) is 0. The maximum atomic E-state index is 13.3. The van der Waals surface area contributed by atoms with Crippen LogP contribution in [0.5, 0.6) is 0 Å². The van der Waals surface area contributed by atoms with Gasteiger partial charge in [0.05, 0.1) is 0 Å². The Labute approximate surface area is 85.1 Å². The van der Waals surface area contributed by atoms with Gasteiger partial charge in [0.25, 0.3) is 0 Å². The Morgan fingerprint density at radius 2 is 1.86 bits per heavy atom. The summed E-state index contributed by atoms with van der Waals surface area (Å²) in [5, 5.41) is 0. The third-order valence-corrected chi connectivity index (χ3v) is 2.58. The van der Waals surface area contributed by atoms with E-state index in [1.165, 1.54) is 6.07 Å². The second-order valence-corrected chi connectivity index (χ2v) is 4.80. The molecule has 0 saturated carbocycles. The highest BCUT2D eigenvalue weighted by molar-refractivity contribution is 5.30. The van der Waals surface area contributed by atoms with Crippen LogP contribution >= 0.6 is 0 Å². The molecule has 0 aliphatic carbocycles. The summed E-state index contributed by atoms with van der Waals surface area (Å²) in [7, 11) is 0. The first-order valence-electron chi connectivity index (χ1n) is 4.84. The van der Waals surface area contributed by atoms with Crippen LogP contribution < -0.4 is 5.73 Å². The number of benzene rings is 1. The molecule has 78 valence electrons. The van der Waals surface area contributed by atoms with Gasteiger partial charge in [-0.1, -0.05) is 32.9 Å². The van der Waals surface area contributed by atoms with Gasteiger partial charge in [0.2, 0.25) is 0 Å². The van der Waals surface area contributed by atoms with Gasteiger partial charge >= 0.3 is 0 Å². The van der Waals surface area contributed by atoms with Crippen LogP contribution in [0, 0.1) is 18.2 Å². The van der Waals surface area contributed by atoms with Crippen molar-refractivity contribution in [1.29, 1.82) is 0 Å². The zero-order valence-electron chi connectivity index (χ0n) is 9.26. The lowest BCUT2D eigenvalue weighted by Crippen LogP contribution is -2.27. The summed E-state index contributed by atoms with van der Waals surface area (Å²) >= 11 is 0. The molecule has 0 aliphatic rings. The van der Waals surface area contributed by atoms with E-state index in [1.807, 2.05) is 6.07 Å². The molecule has 2 N–H and O–H groups in total. The van der Waals surface area contributed by atoms with Crippen molar-refractivity contribution in [2.45, 2.75) is 33.7 Å². The average molecular weight is 195 g/mol. The van der Waals surface area contributed by atoms with Gasteiger partial charge in [0.15, 0.2) is 0 Å².